The molecule has 0 saturated heterocycles. The van der Waals surface area contributed by atoms with E-state index in [1.807, 2.05) is 13.8 Å². The summed E-state index contributed by atoms with van der Waals surface area (Å²) in [7, 11) is 1.63. The van der Waals surface area contributed by atoms with Crippen molar-refractivity contribution in [2.24, 2.45) is 0 Å². The van der Waals surface area contributed by atoms with E-state index in [1.165, 1.54) is 0 Å². The third kappa shape index (κ3) is 4.89. The molecule has 3 N–H and O–H groups in total. The molecule has 5 heteroatoms. The van der Waals surface area contributed by atoms with Gasteiger partial charge in [0.1, 0.15) is 5.75 Å². The van der Waals surface area contributed by atoms with Crippen molar-refractivity contribution in [1.29, 1.82) is 0 Å². The van der Waals surface area contributed by atoms with E-state index in [1.54, 1.807) is 31.3 Å². The van der Waals surface area contributed by atoms with Gasteiger partial charge in [-0.3, -0.25) is 4.79 Å². The zero-order valence-electron chi connectivity index (χ0n) is 11.5. The summed E-state index contributed by atoms with van der Waals surface area (Å²) in [4.78, 5) is 10.7. The average molecular weight is 267 g/mol. The monoisotopic (exact) mass is 267 g/mol. The number of carboxylic acids is 1. The summed E-state index contributed by atoms with van der Waals surface area (Å²) in [6.45, 7) is 3.87. The maximum absolute atomic E-state index is 10.7. The third-order valence-corrected chi connectivity index (χ3v) is 2.74. The highest BCUT2D eigenvalue weighted by Gasteiger charge is 2.21. The Bertz CT molecular complexity index is 402. The van der Waals surface area contributed by atoms with Gasteiger partial charge < -0.3 is 20.3 Å². The van der Waals surface area contributed by atoms with Crippen LogP contribution in [0.25, 0.3) is 0 Å². The van der Waals surface area contributed by atoms with Crippen molar-refractivity contribution < 1.29 is 19.7 Å². The molecule has 0 saturated carbocycles. The second-order valence-corrected chi connectivity index (χ2v) is 4.67. The van der Waals surface area contributed by atoms with Crippen LogP contribution in [-0.4, -0.2) is 35.4 Å². The van der Waals surface area contributed by atoms with Crippen LogP contribution in [0.1, 0.15) is 31.9 Å². The standard InChI is InChI=1S/C14H21NO4/c1-9(2)19-11-6-4-10(5-7-11)14(18)12(15-3)8-13(16)17/h4-7,9,12,14-15,18H,8H2,1-3H3,(H,16,17). The fourth-order valence-electron chi connectivity index (χ4n) is 1.81. The Morgan fingerprint density at radius 1 is 1.32 bits per heavy atom. The number of aliphatic hydroxyl groups is 1. The van der Waals surface area contributed by atoms with Crippen LogP contribution in [0.5, 0.6) is 5.75 Å². The largest absolute Gasteiger partial charge is 0.491 e. The van der Waals surface area contributed by atoms with Gasteiger partial charge in [0.25, 0.3) is 0 Å². The highest BCUT2D eigenvalue weighted by Crippen LogP contribution is 2.22. The van der Waals surface area contributed by atoms with Crippen LogP contribution in [0.2, 0.25) is 0 Å². The number of aliphatic carboxylic acids is 1. The molecule has 2 atom stereocenters. The van der Waals surface area contributed by atoms with Gasteiger partial charge in [0, 0.05) is 6.04 Å². The molecule has 1 aromatic rings. The maximum atomic E-state index is 10.7. The smallest absolute Gasteiger partial charge is 0.305 e. The van der Waals surface area contributed by atoms with E-state index in [0.717, 1.165) is 5.75 Å². The first kappa shape index (κ1) is 15.5. The number of benzene rings is 1. The summed E-state index contributed by atoms with van der Waals surface area (Å²) < 4.78 is 5.51. The van der Waals surface area contributed by atoms with E-state index in [-0.39, 0.29) is 12.5 Å². The Labute approximate surface area is 113 Å². The highest BCUT2D eigenvalue weighted by atomic mass is 16.5. The number of carboxylic acid groups (broad SMARTS) is 1. The number of rotatable bonds is 7. The zero-order valence-corrected chi connectivity index (χ0v) is 11.5. The van der Waals surface area contributed by atoms with Crippen molar-refractivity contribution in [3.05, 3.63) is 29.8 Å². The summed E-state index contributed by atoms with van der Waals surface area (Å²) in [5, 5.41) is 21.7. The number of aliphatic hydroxyl groups excluding tert-OH is 1. The van der Waals surface area contributed by atoms with Gasteiger partial charge in [-0.05, 0) is 38.6 Å². The molecule has 0 radical (unpaired) electrons. The fraction of sp³-hybridized carbons (Fsp3) is 0.500. The molecule has 0 amide bonds. The quantitative estimate of drug-likeness (QED) is 0.699. The summed E-state index contributed by atoms with van der Waals surface area (Å²) >= 11 is 0. The molecule has 2 unspecified atom stereocenters. The molecule has 5 nitrogen and oxygen atoms in total. The first-order valence-corrected chi connectivity index (χ1v) is 6.27. The van der Waals surface area contributed by atoms with Crippen LogP contribution in [0, 0.1) is 0 Å². The molecule has 0 aliphatic heterocycles. The van der Waals surface area contributed by atoms with Crippen LogP contribution in [0.3, 0.4) is 0 Å². The topological polar surface area (TPSA) is 78.8 Å². The van der Waals surface area contributed by atoms with Crippen LogP contribution >= 0.6 is 0 Å². The van der Waals surface area contributed by atoms with E-state index in [4.69, 9.17) is 9.84 Å². The number of likely N-dealkylation sites (N-methyl/N-ethyl adjacent to an activating group) is 1. The Hall–Kier alpha value is -1.59. The fourth-order valence-corrected chi connectivity index (χ4v) is 1.81. The van der Waals surface area contributed by atoms with Gasteiger partial charge in [-0.15, -0.1) is 0 Å². The third-order valence-electron chi connectivity index (χ3n) is 2.74. The molecule has 1 aromatic carbocycles. The minimum atomic E-state index is -0.946. The van der Waals surface area contributed by atoms with Gasteiger partial charge in [-0.1, -0.05) is 12.1 Å². The molecule has 0 spiro atoms. The number of carbonyl (C=O) groups is 1. The van der Waals surface area contributed by atoms with Crippen molar-refractivity contribution in [2.75, 3.05) is 7.05 Å². The van der Waals surface area contributed by atoms with Gasteiger partial charge in [0.2, 0.25) is 0 Å². The second-order valence-electron chi connectivity index (χ2n) is 4.67. The van der Waals surface area contributed by atoms with Crippen molar-refractivity contribution in [3.63, 3.8) is 0 Å². The minimum Gasteiger partial charge on any atom is -0.491 e. The Morgan fingerprint density at radius 2 is 1.89 bits per heavy atom. The van der Waals surface area contributed by atoms with Gasteiger partial charge in [0.05, 0.1) is 18.6 Å². The molecule has 19 heavy (non-hydrogen) atoms. The molecule has 0 aliphatic rings. The summed E-state index contributed by atoms with van der Waals surface area (Å²) in [5.41, 5.74) is 0.664. The number of ether oxygens (including phenoxy) is 1. The van der Waals surface area contributed by atoms with Gasteiger partial charge in [-0.2, -0.15) is 0 Å². The molecule has 0 heterocycles. The molecule has 0 aromatic heterocycles. The normalized spacial score (nSPS) is 14.2. The van der Waals surface area contributed by atoms with Crippen molar-refractivity contribution in [2.45, 2.75) is 38.5 Å². The lowest BCUT2D eigenvalue weighted by molar-refractivity contribution is -0.138. The van der Waals surface area contributed by atoms with Gasteiger partial charge in [-0.25, -0.2) is 0 Å². The minimum absolute atomic E-state index is 0.0906. The number of hydrogen-bond donors (Lipinski definition) is 3. The first-order valence-electron chi connectivity index (χ1n) is 6.27. The second kappa shape index (κ2) is 7.11. The molecular weight excluding hydrogens is 246 g/mol. The van der Waals surface area contributed by atoms with Gasteiger partial charge in [0.15, 0.2) is 0 Å². The average Bonchev–Trinajstić information content (AvgIpc) is 2.35. The maximum Gasteiger partial charge on any atom is 0.305 e. The molecule has 1 rings (SSSR count). The molecule has 0 bridgehead atoms. The Morgan fingerprint density at radius 3 is 2.32 bits per heavy atom. The highest BCUT2D eigenvalue weighted by molar-refractivity contribution is 5.67. The van der Waals surface area contributed by atoms with E-state index in [2.05, 4.69) is 5.32 Å². The van der Waals surface area contributed by atoms with Crippen LogP contribution < -0.4 is 10.1 Å². The van der Waals surface area contributed by atoms with Crippen molar-refractivity contribution in [1.82, 2.24) is 5.32 Å². The molecule has 0 fully saturated rings. The Kier molecular flexibility index (Phi) is 5.79. The van der Waals surface area contributed by atoms with Crippen LogP contribution in [-0.2, 0) is 4.79 Å². The molecule has 0 aliphatic carbocycles. The Balaban J connectivity index is 2.75. The first-order chi connectivity index (χ1) is 8.93. The molecule has 106 valence electrons. The van der Waals surface area contributed by atoms with Crippen LogP contribution in [0.15, 0.2) is 24.3 Å². The van der Waals surface area contributed by atoms with E-state index >= 15 is 0 Å². The predicted molar refractivity (Wildman–Crippen MR) is 72.3 cm³/mol. The van der Waals surface area contributed by atoms with E-state index in [9.17, 15) is 9.90 Å². The number of hydrogen-bond acceptors (Lipinski definition) is 4. The lowest BCUT2D eigenvalue weighted by atomic mass is 10.00. The van der Waals surface area contributed by atoms with Crippen molar-refractivity contribution in [3.8, 4) is 5.75 Å². The summed E-state index contributed by atoms with van der Waals surface area (Å²) in [5.74, 6) is -0.219. The lowest BCUT2D eigenvalue weighted by Crippen LogP contribution is -2.34. The molecular formula is C14H21NO4. The number of nitrogens with one attached hydrogen (secondary N) is 1. The lowest BCUT2D eigenvalue weighted by Gasteiger charge is -2.21. The van der Waals surface area contributed by atoms with Gasteiger partial charge >= 0.3 is 5.97 Å². The summed E-state index contributed by atoms with van der Waals surface area (Å²) in [6.07, 6.45) is -0.913. The summed E-state index contributed by atoms with van der Waals surface area (Å²) in [6, 6.07) is 6.51. The predicted octanol–water partition coefficient (Wildman–Crippen LogP) is 1.57. The van der Waals surface area contributed by atoms with Crippen LogP contribution in [0.4, 0.5) is 0 Å². The van der Waals surface area contributed by atoms with Crippen molar-refractivity contribution >= 4 is 5.97 Å². The SMILES string of the molecule is CNC(CC(=O)O)C(O)c1ccc(OC(C)C)cc1. The van der Waals surface area contributed by atoms with E-state index in [0.29, 0.717) is 5.56 Å². The zero-order chi connectivity index (χ0) is 14.4. The van der Waals surface area contributed by atoms with E-state index < -0.39 is 18.1 Å².